The largest absolute Gasteiger partial charge is 0.343 e. The van der Waals surface area contributed by atoms with E-state index in [1.807, 2.05) is 0 Å². The van der Waals surface area contributed by atoms with Crippen LogP contribution in [0.3, 0.4) is 0 Å². The highest BCUT2D eigenvalue weighted by Crippen LogP contribution is 2.25. The molecule has 31 heavy (non-hydrogen) atoms. The minimum Gasteiger partial charge on any atom is -0.343 e. The van der Waals surface area contributed by atoms with Gasteiger partial charge >= 0.3 is 0 Å². The zero-order chi connectivity index (χ0) is 21.2. The first-order chi connectivity index (χ1) is 15.2. The first-order valence-corrected chi connectivity index (χ1v) is 11.1. The highest BCUT2D eigenvalue weighted by atomic mass is 16.1. The Bertz CT molecular complexity index is 1260. The predicted molar refractivity (Wildman–Crippen MR) is 124 cm³/mol. The lowest BCUT2D eigenvalue weighted by atomic mass is 10.1. The van der Waals surface area contributed by atoms with Crippen molar-refractivity contribution in [2.24, 2.45) is 0 Å². The highest BCUT2D eigenvalue weighted by molar-refractivity contribution is 5.84. The Kier molecular flexibility index (Phi) is 5.43. The molecule has 0 radical (unpaired) electrons. The zero-order valence-corrected chi connectivity index (χ0v) is 18.0. The van der Waals surface area contributed by atoms with E-state index in [4.69, 9.17) is 4.98 Å². The van der Waals surface area contributed by atoms with Gasteiger partial charge in [-0.2, -0.15) is 0 Å². The van der Waals surface area contributed by atoms with Crippen molar-refractivity contribution >= 4 is 10.9 Å². The first kappa shape index (κ1) is 19.8. The lowest BCUT2D eigenvalue weighted by Gasteiger charge is -2.27. The van der Waals surface area contributed by atoms with Crippen molar-refractivity contribution in [1.29, 1.82) is 0 Å². The van der Waals surface area contributed by atoms with Gasteiger partial charge in [0.15, 0.2) is 0 Å². The number of H-pyrrole nitrogens is 1. The minimum atomic E-state index is 0.0487. The molecule has 0 spiro atoms. The van der Waals surface area contributed by atoms with Crippen LogP contribution in [0.15, 0.2) is 65.6 Å². The van der Waals surface area contributed by atoms with Crippen LogP contribution in [-0.2, 0) is 32.5 Å². The summed E-state index contributed by atoms with van der Waals surface area (Å²) in [4.78, 5) is 22.6. The molecule has 5 nitrogen and oxygen atoms in total. The summed E-state index contributed by atoms with van der Waals surface area (Å²) in [5.41, 5.74) is 5.75. The molecule has 5 heteroatoms. The molecule has 1 N–H and O–H groups in total. The number of para-hydroxylation sites is 1. The van der Waals surface area contributed by atoms with Crippen LogP contribution in [0.5, 0.6) is 0 Å². The lowest BCUT2D eigenvalue weighted by Crippen LogP contribution is -2.35. The van der Waals surface area contributed by atoms with Gasteiger partial charge < -0.3 is 9.55 Å². The molecule has 0 amide bonds. The average Bonchev–Trinajstić information content (AvgIpc) is 3.12. The molecule has 0 fully saturated rings. The van der Waals surface area contributed by atoms with E-state index >= 15 is 0 Å². The number of hydrogen-bond acceptors (Lipinski definition) is 3. The van der Waals surface area contributed by atoms with Crippen LogP contribution < -0.4 is 5.56 Å². The molecule has 158 valence electrons. The fraction of sp³-hybridized carbons (Fsp3) is 0.308. The monoisotopic (exact) mass is 412 g/mol. The highest BCUT2D eigenvalue weighted by Gasteiger charge is 2.22. The minimum absolute atomic E-state index is 0.0487. The third-order valence-corrected chi connectivity index (χ3v) is 6.15. The molecule has 0 saturated carbocycles. The van der Waals surface area contributed by atoms with Crippen molar-refractivity contribution in [2.75, 3.05) is 6.54 Å². The number of nitrogens with zero attached hydrogens (tertiary/aromatic N) is 3. The molecule has 0 atom stereocenters. The van der Waals surface area contributed by atoms with Crippen molar-refractivity contribution in [2.45, 2.75) is 45.8 Å². The molecule has 1 aliphatic heterocycles. The number of nitrogens with one attached hydrogen (secondary N) is 1. The summed E-state index contributed by atoms with van der Waals surface area (Å²) in [7, 11) is 0. The van der Waals surface area contributed by atoms with Crippen LogP contribution >= 0.6 is 0 Å². The van der Waals surface area contributed by atoms with Gasteiger partial charge in [-0.3, -0.25) is 9.69 Å². The van der Waals surface area contributed by atoms with Gasteiger partial charge in [0.2, 0.25) is 0 Å². The van der Waals surface area contributed by atoms with E-state index in [2.05, 4.69) is 82.2 Å². The Balaban J connectivity index is 1.42. The molecule has 4 aromatic rings. The van der Waals surface area contributed by atoms with E-state index in [1.165, 1.54) is 22.0 Å². The molecule has 2 aromatic carbocycles. The maximum Gasteiger partial charge on any atom is 0.254 e. The Hall–Kier alpha value is -3.18. The molecule has 0 saturated heterocycles. The van der Waals surface area contributed by atoms with Crippen molar-refractivity contribution in [3.05, 3.63) is 99.4 Å². The van der Waals surface area contributed by atoms with Crippen molar-refractivity contribution in [3.8, 4) is 0 Å². The number of rotatable bonds is 6. The van der Waals surface area contributed by atoms with Gasteiger partial charge in [-0.25, -0.2) is 4.98 Å². The van der Waals surface area contributed by atoms with Crippen LogP contribution in [0, 0.1) is 0 Å². The van der Waals surface area contributed by atoms with Gasteiger partial charge in [-0.1, -0.05) is 55.5 Å². The lowest BCUT2D eigenvalue weighted by molar-refractivity contribution is 0.240. The summed E-state index contributed by atoms with van der Waals surface area (Å²) in [6.45, 7) is 5.44. The molecule has 0 bridgehead atoms. The van der Waals surface area contributed by atoms with Gasteiger partial charge in [0, 0.05) is 55.3 Å². The summed E-state index contributed by atoms with van der Waals surface area (Å²) < 4.78 is 2.35. The van der Waals surface area contributed by atoms with E-state index in [0.29, 0.717) is 0 Å². The SMILES string of the molecule is CCCc1nc2c(c(=O)[nH]1)CCN(Cc1cn(Cc3ccccc3)c3ccccc13)C2. The molecule has 3 heterocycles. The van der Waals surface area contributed by atoms with Gasteiger partial charge in [-0.15, -0.1) is 0 Å². The van der Waals surface area contributed by atoms with Crippen LogP contribution in [-0.4, -0.2) is 26.0 Å². The Morgan fingerprint density at radius 1 is 1.03 bits per heavy atom. The normalized spacial score (nSPS) is 14.1. The van der Waals surface area contributed by atoms with Crippen molar-refractivity contribution in [3.63, 3.8) is 0 Å². The molecule has 5 rings (SSSR count). The van der Waals surface area contributed by atoms with E-state index < -0.39 is 0 Å². The van der Waals surface area contributed by atoms with Gasteiger partial charge in [0.25, 0.3) is 5.56 Å². The summed E-state index contributed by atoms with van der Waals surface area (Å²) in [6, 6.07) is 19.2. The van der Waals surface area contributed by atoms with Gasteiger partial charge in [0.05, 0.1) is 5.69 Å². The van der Waals surface area contributed by atoms with Crippen molar-refractivity contribution in [1.82, 2.24) is 19.4 Å². The molecular formula is C26H28N4O. The summed E-state index contributed by atoms with van der Waals surface area (Å²) in [5, 5.41) is 1.30. The van der Waals surface area contributed by atoms with E-state index in [1.54, 1.807) is 0 Å². The summed E-state index contributed by atoms with van der Waals surface area (Å²) >= 11 is 0. The number of aryl methyl sites for hydroxylation is 1. The number of benzene rings is 2. The Labute approximate surface area is 182 Å². The number of aromatic nitrogens is 3. The maximum absolute atomic E-state index is 12.5. The maximum atomic E-state index is 12.5. The number of aromatic amines is 1. The molecule has 0 aliphatic carbocycles. The number of fused-ring (bicyclic) bond motifs is 2. The van der Waals surface area contributed by atoms with Gasteiger partial charge in [0.1, 0.15) is 5.82 Å². The topological polar surface area (TPSA) is 53.9 Å². The zero-order valence-electron chi connectivity index (χ0n) is 18.0. The van der Waals surface area contributed by atoms with Crippen LogP contribution in [0.4, 0.5) is 0 Å². The standard InChI is InChI=1S/C26H28N4O/c1-2-8-25-27-23-18-29(14-13-22(23)26(31)28-25)16-20-17-30(15-19-9-4-3-5-10-19)24-12-7-6-11-21(20)24/h3-7,9-12,17H,2,8,13-16,18H2,1H3,(H,27,28,31). The van der Waals surface area contributed by atoms with E-state index in [9.17, 15) is 4.79 Å². The van der Waals surface area contributed by atoms with Crippen molar-refractivity contribution < 1.29 is 0 Å². The third-order valence-electron chi connectivity index (χ3n) is 6.15. The fourth-order valence-electron chi connectivity index (χ4n) is 4.64. The fourth-order valence-corrected chi connectivity index (χ4v) is 4.64. The second kappa shape index (κ2) is 8.52. The van der Waals surface area contributed by atoms with E-state index in [-0.39, 0.29) is 5.56 Å². The Morgan fingerprint density at radius 2 is 1.84 bits per heavy atom. The summed E-state index contributed by atoms with van der Waals surface area (Å²) in [6.07, 6.45) is 4.84. The smallest absolute Gasteiger partial charge is 0.254 e. The van der Waals surface area contributed by atoms with E-state index in [0.717, 1.165) is 62.5 Å². The molecule has 1 aliphatic rings. The predicted octanol–water partition coefficient (Wildman–Crippen LogP) is 4.28. The quantitative estimate of drug-likeness (QED) is 0.514. The molecule has 2 aromatic heterocycles. The van der Waals surface area contributed by atoms with Crippen LogP contribution in [0.2, 0.25) is 0 Å². The molecule has 0 unspecified atom stereocenters. The van der Waals surface area contributed by atoms with Crippen LogP contribution in [0.1, 0.15) is 41.6 Å². The second-order valence-electron chi connectivity index (χ2n) is 8.43. The average molecular weight is 413 g/mol. The first-order valence-electron chi connectivity index (χ1n) is 11.1. The third kappa shape index (κ3) is 4.06. The second-order valence-corrected chi connectivity index (χ2v) is 8.43. The van der Waals surface area contributed by atoms with Gasteiger partial charge in [-0.05, 0) is 30.0 Å². The summed E-state index contributed by atoms with van der Waals surface area (Å²) in [5.74, 6) is 0.813. The van der Waals surface area contributed by atoms with Crippen LogP contribution in [0.25, 0.3) is 10.9 Å². The molecular weight excluding hydrogens is 384 g/mol. The number of hydrogen-bond donors (Lipinski definition) is 1. The Morgan fingerprint density at radius 3 is 2.68 bits per heavy atom.